The Morgan fingerprint density at radius 2 is 2.07 bits per heavy atom. The van der Waals surface area contributed by atoms with Crippen LogP contribution in [-0.4, -0.2) is 13.7 Å². The molecule has 1 aliphatic carbocycles. The monoisotopic (exact) mass is 203 g/mol. The first-order valence-electron chi connectivity index (χ1n) is 5.75. The van der Waals surface area contributed by atoms with Crippen molar-refractivity contribution in [2.24, 2.45) is 11.8 Å². The van der Waals surface area contributed by atoms with E-state index >= 15 is 0 Å². The molecule has 1 saturated carbocycles. The van der Waals surface area contributed by atoms with Crippen LogP contribution in [0.5, 0.6) is 5.75 Å². The van der Waals surface area contributed by atoms with Crippen molar-refractivity contribution < 1.29 is 4.74 Å². The number of fused-ring (bicyclic) bond motifs is 1. The van der Waals surface area contributed by atoms with E-state index in [-0.39, 0.29) is 0 Å². The van der Waals surface area contributed by atoms with Gasteiger partial charge in [0.1, 0.15) is 5.75 Å². The first-order chi connectivity index (χ1) is 7.38. The van der Waals surface area contributed by atoms with E-state index in [9.17, 15) is 0 Å². The zero-order chi connectivity index (χ0) is 10.3. The van der Waals surface area contributed by atoms with E-state index in [4.69, 9.17) is 4.74 Å². The van der Waals surface area contributed by atoms with Gasteiger partial charge in [-0.2, -0.15) is 0 Å². The fourth-order valence-electron chi connectivity index (χ4n) is 2.72. The normalized spacial score (nSPS) is 33.3. The molecule has 2 aliphatic rings. The van der Waals surface area contributed by atoms with Crippen molar-refractivity contribution >= 4 is 0 Å². The first kappa shape index (κ1) is 9.22. The molecule has 1 heterocycles. The van der Waals surface area contributed by atoms with Crippen molar-refractivity contribution in [2.75, 3.05) is 13.7 Å². The second kappa shape index (κ2) is 3.53. The Bertz CT molecular complexity index is 363. The van der Waals surface area contributed by atoms with Crippen LogP contribution in [0, 0.1) is 11.8 Å². The number of para-hydroxylation sites is 1. The largest absolute Gasteiger partial charge is 0.496 e. The molecule has 2 nitrogen and oxygen atoms in total. The summed E-state index contributed by atoms with van der Waals surface area (Å²) in [6.07, 6.45) is 2.71. The van der Waals surface area contributed by atoms with Crippen molar-refractivity contribution in [1.29, 1.82) is 0 Å². The summed E-state index contributed by atoms with van der Waals surface area (Å²) in [5.74, 6) is 2.96. The highest BCUT2D eigenvalue weighted by molar-refractivity contribution is 5.36. The molecule has 2 heteroatoms. The van der Waals surface area contributed by atoms with Crippen molar-refractivity contribution in [3.8, 4) is 5.75 Å². The number of rotatable bonds is 2. The van der Waals surface area contributed by atoms with Gasteiger partial charge >= 0.3 is 0 Å². The van der Waals surface area contributed by atoms with E-state index in [1.165, 1.54) is 24.9 Å². The fraction of sp³-hybridized carbons (Fsp3) is 0.538. The number of ether oxygens (including phenoxy) is 1. The Morgan fingerprint density at radius 3 is 2.87 bits per heavy atom. The van der Waals surface area contributed by atoms with Gasteiger partial charge in [-0.25, -0.2) is 0 Å². The Balaban J connectivity index is 1.84. The number of piperidine rings is 1. The van der Waals surface area contributed by atoms with Crippen molar-refractivity contribution in [1.82, 2.24) is 5.32 Å². The molecule has 1 saturated heterocycles. The summed E-state index contributed by atoms with van der Waals surface area (Å²) < 4.78 is 5.41. The second-order valence-corrected chi connectivity index (χ2v) is 4.69. The SMILES string of the molecule is COc1ccccc1C1CC2CC2CN1. The van der Waals surface area contributed by atoms with Gasteiger partial charge in [0.05, 0.1) is 7.11 Å². The van der Waals surface area contributed by atoms with Gasteiger partial charge in [0.25, 0.3) is 0 Å². The lowest BCUT2D eigenvalue weighted by atomic mass is 9.96. The quantitative estimate of drug-likeness (QED) is 0.796. The Morgan fingerprint density at radius 1 is 1.20 bits per heavy atom. The third-order valence-corrected chi connectivity index (χ3v) is 3.75. The van der Waals surface area contributed by atoms with E-state index in [1.54, 1.807) is 7.11 Å². The van der Waals surface area contributed by atoms with E-state index in [0.717, 1.165) is 17.6 Å². The van der Waals surface area contributed by atoms with Gasteiger partial charge in [-0.15, -0.1) is 0 Å². The van der Waals surface area contributed by atoms with Crippen molar-refractivity contribution in [2.45, 2.75) is 18.9 Å². The molecule has 3 rings (SSSR count). The summed E-state index contributed by atoms with van der Waals surface area (Å²) in [5, 5.41) is 3.62. The lowest BCUT2D eigenvalue weighted by Crippen LogP contribution is -2.28. The first-order valence-corrected chi connectivity index (χ1v) is 5.75. The summed E-state index contributed by atoms with van der Waals surface area (Å²) >= 11 is 0. The predicted octanol–water partition coefficient (Wildman–Crippen LogP) is 2.37. The molecule has 1 N–H and O–H groups in total. The molecule has 0 spiro atoms. The zero-order valence-corrected chi connectivity index (χ0v) is 9.07. The van der Waals surface area contributed by atoms with Crippen LogP contribution in [0.3, 0.4) is 0 Å². The maximum Gasteiger partial charge on any atom is 0.123 e. The zero-order valence-electron chi connectivity index (χ0n) is 9.07. The number of hydrogen-bond donors (Lipinski definition) is 1. The smallest absolute Gasteiger partial charge is 0.123 e. The molecule has 2 fully saturated rings. The Labute approximate surface area is 90.6 Å². The predicted molar refractivity (Wildman–Crippen MR) is 60.0 cm³/mol. The molecule has 0 aromatic heterocycles. The molecule has 0 bridgehead atoms. The van der Waals surface area contributed by atoms with Crippen LogP contribution < -0.4 is 10.1 Å². The number of methoxy groups -OCH3 is 1. The van der Waals surface area contributed by atoms with E-state index < -0.39 is 0 Å². The number of benzene rings is 1. The van der Waals surface area contributed by atoms with Gasteiger partial charge in [0.15, 0.2) is 0 Å². The summed E-state index contributed by atoms with van der Waals surface area (Å²) in [6.45, 7) is 1.19. The maximum atomic E-state index is 5.41. The molecular weight excluding hydrogens is 186 g/mol. The van der Waals surface area contributed by atoms with Crippen LogP contribution in [0.15, 0.2) is 24.3 Å². The summed E-state index contributed by atoms with van der Waals surface area (Å²) in [4.78, 5) is 0. The van der Waals surface area contributed by atoms with Gasteiger partial charge < -0.3 is 10.1 Å². The van der Waals surface area contributed by atoms with Crippen LogP contribution in [0.1, 0.15) is 24.4 Å². The molecule has 0 amide bonds. The third kappa shape index (κ3) is 1.63. The molecule has 3 unspecified atom stereocenters. The third-order valence-electron chi connectivity index (χ3n) is 3.75. The Kier molecular flexibility index (Phi) is 2.17. The second-order valence-electron chi connectivity index (χ2n) is 4.69. The average molecular weight is 203 g/mol. The minimum absolute atomic E-state index is 0.505. The minimum atomic E-state index is 0.505. The standard InChI is InChI=1S/C13H17NO/c1-15-13-5-3-2-4-11(13)12-7-9-6-10(9)8-14-12/h2-5,9-10,12,14H,6-8H2,1H3. The highest BCUT2D eigenvalue weighted by atomic mass is 16.5. The van der Waals surface area contributed by atoms with Crippen LogP contribution in [0.4, 0.5) is 0 Å². The van der Waals surface area contributed by atoms with E-state index in [2.05, 4.69) is 23.5 Å². The van der Waals surface area contributed by atoms with Crippen LogP contribution >= 0.6 is 0 Å². The van der Waals surface area contributed by atoms with Crippen LogP contribution in [-0.2, 0) is 0 Å². The molecule has 3 atom stereocenters. The highest BCUT2D eigenvalue weighted by Crippen LogP contribution is 2.48. The highest BCUT2D eigenvalue weighted by Gasteiger charge is 2.42. The number of hydrogen-bond acceptors (Lipinski definition) is 2. The van der Waals surface area contributed by atoms with Gasteiger partial charge in [-0.3, -0.25) is 0 Å². The maximum absolute atomic E-state index is 5.41. The van der Waals surface area contributed by atoms with Gasteiger partial charge in [-0.05, 0) is 37.3 Å². The minimum Gasteiger partial charge on any atom is -0.496 e. The lowest BCUT2D eigenvalue weighted by molar-refractivity contribution is 0.365. The average Bonchev–Trinajstić information content (AvgIpc) is 3.07. The van der Waals surface area contributed by atoms with Crippen molar-refractivity contribution in [3.05, 3.63) is 29.8 Å². The van der Waals surface area contributed by atoms with Crippen molar-refractivity contribution in [3.63, 3.8) is 0 Å². The molecule has 1 aliphatic heterocycles. The fourth-order valence-corrected chi connectivity index (χ4v) is 2.72. The lowest BCUT2D eigenvalue weighted by Gasteiger charge is -2.24. The van der Waals surface area contributed by atoms with Gasteiger partial charge in [0.2, 0.25) is 0 Å². The van der Waals surface area contributed by atoms with Gasteiger partial charge in [0, 0.05) is 11.6 Å². The summed E-state index contributed by atoms with van der Waals surface area (Å²) in [5.41, 5.74) is 1.32. The van der Waals surface area contributed by atoms with Crippen LogP contribution in [0.25, 0.3) is 0 Å². The molecular formula is C13H17NO. The van der Waals surface area contributed by atoms with E-state index in [1.807, 2.05) is 6.07 Å². The van der Waals surface area contributed by atoms with E-state index in [0.29, 0.717) is 6.04 Å². The molecule has 1 aromatic rings. The Hall–Kier alpha value is -1.02. The van der Waals surface area contributed by atoms with Crippen LogP contribution in [0.2, 0.25) is 0 Å². The topological polar surface area (TPSA) is 21.3 Å². The molecule has 15 heavy (non-hydrogen) atoms. The number of nitrogens with one attached hydrogen (secondary N) is 1. The van der Waals surface area contributed by atoms with Gasteiger partial charge in [-0.1, -0.05) is 18.2 Å². The summed E-state index contributed by atoms with van der Waals surface area (Å²) in [6, 6.07) is 8.86. The molecule has 0 radical (unpaired) electrons. The molecule has 80 valence electrons. The summed E-state index contributed by atoms with van der Waals surface area (Å²) in [7, 11) is 1.75. The molecule has 1 aromatic carbocycles.